The topological polar surface area (TPSA) is 55.4 Å². The van der Waals surface area contributed by atoms with Crippen LogP contribution in [0.4, 0.5) is 13.2 Å². The zero-order valence-corrected chi connectivity index (χ0v) is 7.14. The summed E-state index contributed by atoms with van der Waals surface area (Å²) in [5.74, 6) is -0.763. The molecule has 0 unspecified atom stereocenters. The molecule has 0 saturated carbocycles. The minimum absolute atomic E-state index is 0.609. The summed E-state index contributed by atoms with van der Waals surface area (Å²) in [6.45, 7) is 0.996. The number of ketones is 1. The van der Waals surface area contributed by atoms with Crippen molar-refractivity contribution in [2.45, 2.75) is 13.1 Å². The maximum absolute atomic E-state index is 12.1. The Balaban J connectivity index is 5.13. The third-order valence-electron chi connectivity index (χ3n) is 1.29. The zero-order chi connectivity index (χ0) is 10.6. The average Bonchev–Trinajstić information content (AvgIpc) is 1.96. The van der Waals surface area contributed by atoms with Crippen molar-refractivity contribution in [3.05, 3.63) is 11.8 Å². The van der Waals surface area contributed by atoms with Crippen LogP contribution in [0.5, 0.6) is 0 Å². The fraction of sp³-hybridized carbons (Fsp3) is 0.429. The molecule has 0 radical (unpaired) electrons. The molecule has 0 aromatic heterocycles. The number of nitrogens with zero attached hydrogens (tertiary/aromatic N) is 1. The molecule has 0 aliphatic rings. The second kappa shape index (κ2) is 4.06. The Bertz CT molecular complexity index is 265. The van der Waals surface area contributed by atoms with Crippen LogP contribution in [0.25, 0.3) is 0 Å². The van der Waals surface area contributed by atoms with Crippen molar-refractivity contribution in [1.82, 2.24) is 0 Å². The predicted octanol–water partition coefficient (Wildman–Crippen LogP) is 1.05. The summed E-state index contributed by atoms with van der Waals surface area (Å²) in [6, 6.07) is 0. The van der Waals surface area contributed by atoms with Gasteiger partial charge in [-0.3, -0.25) is 9.79 Å². The van der Waals surface area contributed by atoms with Crippen LogP contribution >= 0.6 is 0 Å². The molecule has 13 heavy (non-hydrogen) atoms. The monoisotopic (exact) mass is 194 g/mol. The van der Waals surface area contributed by atoms with E-state index in [9.17, 15) is 18.0 Å². The molecular formula is C7H9F3N2O. The lowest BCUT2D eigenvalue weighted by Crippen LogP contribution is -2.28. The van der Waals surface area contributed by atoms with Gasteiger partial charge in [0.1, 0.15) is 0 Å². The Morgan fingerprint density at radius 3 is 2.00 bits per heavy atom. The smallest absolute Gasteiger partial charge is 0.404 e. The van der Waals surface area contributed by atoms with E-state index in [1.807, 2.05) is 0 Å². The van der Waals surface area contributed by atoms with Gasteiger partial charge in [0.2, 0.25) is 0 Å². The third kappa shape index (κ3) is 2.89. The molecule has 0 bridgehead atoms. The molecule has 0 saturated heterocycles. The van der Waals surface area contributed by atoms with Crippen LogP contribution in [0.1, 0.15) is 6.92 Å². The van der Waals surface area contributed by atoms with Gasteiger partial charge in [0.05, 0.1) is 5.57 Å². The zero-order valence-electron chi connectivity index (χ0n) is 7.14. The molecule has 0 amide bonds. The molecule has 6 heteroatoms. The molecule has 0 atom stereocenters. The van der Waals surface area contributed by atoms with Crippen molar-refractivity contribution >= 4 is 11.5 Å². The van der Waals surface area contributed by atoms with Crippen molar-refractivity contribution in [2.24, 2.45) is 10.7 Å². The van der Waals surface area contributed by atoms with Gasteiger partial charge in [0, 0.05) is 13.2 Å². The molecule has 0 aliphatic carbocycles. The first-order valence-electron chi connectivity index (χ1n) is 3.31. The predicted molar refractivity (Wildman–Crippen MR) is 42.4 cm³/mol. The first-order chi connectivity index (χ1) is 5.84. The molecular weight excluding hydrogens is 185 g/mol. The van der Waals surface area contributed by atoms with E-state index in [0.717, 1.165) is 14.0 Å². The Labute approximate surface area is 73.1 Å². The molecule has 0 spiro atoms. The minimum atomic E-state index is -4.65. The quantitative estimate of drug-likeness (QED) is 0.527. The molecule has 0 fully saturated rings. The second-order valence-electron chi connectivity index (χ2n) is 2.21. The van der Waals surface area contributed by atoms with Gasteiger partial charge in [-0.2, -0.15) is 13.2 Å². The van der Waals surface area contributed by atoms with Crippen molar-refractivity contribution in [2.75, 3.05) is 7.05 Å². The van der Waals surface area contributed by atoms with Gasteiger partial charge < -0.3 is 5.73 Å². The standard InChI is InChI=1S/C7H9F3N2O/c1-4(13)5(3-11)6(12-2)7(8,9)10/h3H,11H2,1-2H3/b5-3-,12-6?. The largest absolute Gasteiger partial charge is 0.433 e. The number of hydrogen-bond donors (Lipinski definition) is 1. The number of carbonyl (C=O) groups excluding carboxylic acids is 1. The number of rotatable bonds is 2. The molecule has 0 aliphatic heterocycles. The summed E-state index contributed by atoms with van der Waals surface area (Å²) >= 11 is 0. The summed E-state index contributed by atoms with van der Waals surface area (Å²) in [4.78, 5) is 13.7. The summed E-state index contributed by atoms with van der Waals surface area (Å²) in [7, 11) is 0.954. The first-order valence-corrected chi connectivity index (χ1v) is 3.31. The number of hydrogen-bond acceptors (Lipinski definition) is 3. The second-order valence-corrected chi connectivity index (χ2v) is 2.21. The van der Waals surface area contributed by atoms with E-state index in [-0.39, 0.29) is 0 Å². The van der Waals surface area contributed by atoms with Crippen LogP contribution in [-0.2, 0) is 4.79 Å². The highest BCUT2D eigenvalue weighted by atomic mass is 19.4. The number of carbonyl (C=O) groups is 1. The summed E-state index contributed by atoms with van der Waals surface area (Å²) in [5.41, 5.74) is 3.02. The lowest BCUT2D eigenvalue weighted by molar-refractivity contribution is -0.113. The van der Waals surface area contributed by atoms with Crippen LogP contribution < -0.4 is 5.73 Å². The molecule has 74 valence electrons. The van der Waals surface area contributed by atoms with Crippen molar-refractivity contribution < 1.29 is 18.0 Å². The molecule has 3 nitrogen and oxygen atoms in total. The van der Waals surface area contributed by atoms with E-state index in [0.29, 0.717) is 6.20 Å². The van der Waals surface area contributed by atoms with Crippen LogP contribution in [0.2, 0.25) is 0 Å². The number of nitrogens with two attached hydrogens (primary N) is 1. The molecule has 0 aromatic carbocycles. The van der Waals surface area contributed by atoms with Gasteiger partial charge in [0.15, 0.2) is 11.5 Å². The van der Waals surface area contributed by atoms with Crippen molar-refractivity contribution in [3.63, 3.8) is 0 Å². The fourth-order valence-corrected chi connectivity index (χ4v) is 0.763. The minimum Gasteiger partial charge on any atom is -0.404 e. The van der Waals surface area contributed by atoms with E-state index in [1.54, 1.807) is 0 Å². The Hall–Kier alpha value is -1.33. The lowest BCUT2D eigenvalue weighted by atomic mass is 10.1. The van der Waals surface area contributed by atoms with E-state index < -0.39 is 23.2 Å². The number of allylic oxidation sites excluding steroid dienone is 1. The highest BCUT2D eigenvalue weighted by Gasteiger charge is 2.38. The fourth-order valence-electron chi connectivity index (χ4n) is 0.763. The van der Waals surface area contributed by atoms with E-state index in [2.05, 4.69) is 4.99 Å². The highest BCUT2D eigenvalue weighted by molar-refractivity contribution is 6.23. The number of alkyl halides is 3. The van der Waals surface area contributed by atoms with E-state index >= 15 is 0 Å². The van der Waals surface area contributed by atoms with Gasteiger partial charge in [-0.05, 0) is 6.92 Å². The van der Waals surface area contributed by atoms with Gasteiger partial charge in [0.25, 0.3) is 0 Å². The van der Waals surface area contributed by atoms with Crippen molar-refractivity contribution in [3.8, 4) is 0 Å². The summed E-state index contributed by atoms with van der Waals surface area (Å²) in [6.07, 6.45) is -4.04. The lowest BCUT2D eigenvalue weighted by Gasteiger charge is -2.10. The maximum Gasteiger partial charge on any atom is 0.433 e. The normalized spacial score (nSPS) is 14.5. The maximum atomic E-state index is 12.1. The van der Waals surface area contributed by atoms with Crippen molar-refractivity contribution in [1.29, 1.82) is 0 Å². The van der Waals surface area contributed by atoms with Crippen LogP contribution in [0.15, 0.2) is 16.8 Å². The first kappa shape index (κ1) is 11.7. The van der Waals surface area contributed by atoms with Crippen LogP contribution in [0, 0.1) is 0 Å². The Kier molecular flexibility index (Phi) is 3.65. The average molecular weight is 194 g/mol. The molecule has 0 aromatic rings. The molecule has 0 heterocycles. The molecule has 0 rings (SSSR count). The van der Waals surface area contributed by atoms with Gasteiger partial charge in [-0.15, -0.1) is 0 Å². The summed E-state index contributed by atoms with van der Waals surface area (Å²) < 4.78 is 36.4. The van der Waals surface area contributed by atoms with E-state index in [4.69, 9.17) is 5.73 Å². The van der Waals surface area contributed by atoms with Crippen LogP contribution in [0.3, 0.4) is 0 Å². The molecule has 2 N–H and O–H groups in total. The third-order valence-corrected chi connectivity index (χ3v) is 1.29. The highest BCUT2D eigenvalue weighted by Crippen LogP contribution is 2.22. The Morgan fingerprint density at radius 2 is 1.92 bits per heavy atom. The SMILES string of the molecule is CN=C(/C(=C\N)C(C)=O)C(F)(F)F. The summed E-state index contributed by atoms with van der Waals surface area (Å²) in [5, 5.41) is 0. The number of aliphatic imine (C=N–C) groups is 1. The van der Waals surface area contributed by atoms with Gasteiger partial charge in [-0.1, -0.05) is 0 Å². The number of halogens is 3. The van der Waals surface area contributed by atoms with Gasteiger partial charge in [-0.25, -0.2) is 0 Å². The van der Waals surface area contributed by atoms with E-state index in [1.165, 1.54) is 0 Å². The van der Waals surface area contributed by atoms with Crippen LogP contribution in [-0.4, -0.2) is 24.7 Å². The number of Topliss-reactive ketones (excluding diaryl/α,β-unsaturated/α-hetero) is 1. The van der Waals surface area contributed by atoms with Gasteiger partial charge >= 0.3 is 6.18 Å². The Morgan fingerprint density at radius 1 is 1.46 bits per heavy atom.